The van der Waals surface area contributed by atoms with Gasteiger partial charge in [0.1, 0.15) is 11.2 Å². The zero-order chi connectivity index (χ0) is 16.7. The molecule has 0 amide bonds. The lowest BCUT2D eigenvalue weighted by molar-refractivity contribution is -0.180. The second-order valence-electron chi connectivity index (χ2n) is 7.97. The Balaban J connectivity index is 1.90. The Bertz CT molecular complexity index is 637. The molecule has 4 rings (SSSR count). The third-order valence-corrected chi connectivity index (χ3v) is 7.11. The average molecular weight is 318 g/mol. The summed E-state index contributed by atoms with van der Waals surface area (Å²) in [5.74, 6) is -4.28. The molecule has 0 saturated heterocycles. The van der Waals surface area contributed by atoms with Crippen molar-refractivity contribution >= 4 is 17.5 Å². The smallest absolute Gasteiger partial charge is 0.318 e. The van der Waals surface area contributed by atoms with Crippen molar-refractivity contribution in [1.29, 1.82) is 0 Å². The van der Waals surface area contributed by atoms with Crippen LogP contribution >= 0.6 is 0 Å². The van der Waals surface area contributed by atoms with Crippen molar-refractivity contribution < 1.29 is 24.6 Å². The zero-order valence-electron chi connectivity index (χ0n) is 13.3. The highest BCUT2D eigenvalue weighted by atomic mass is 16.4. The number of aliphatic hydroxyl groups is 1. The second-order valence-corrected chi connectivity index (χ2v) is 7.97. The number of hydrogen-bond donors (Lipinski definition) is 2. The number of fused-ring (bicyclic) bond motifs is 6. The van der Waals surface area contributed by atoms with Gasteiger partial charge in [0.05, 0.1) is 6.10 Å². The minimum absolute atomic E-state index is 0.0398. The summed E-state index contributed by atoms with van der Waals surface area (Å²) in [6.07, 6.45) is 4.31. The van der Waals surface area contributed by atoms with Crippen LogP contribution in [0, 0.1) is 46.8 Å². The molecule has 0 radical (unpaired) electrons. The molecular formula is C18H22O5. The molecule has 5 heteroatoms. The lowest BCUT2D eigenvalue weighted by Crippen LogP contribution is -2.65. The number of carboxylic acid groups (broad SMARTS) is 1. The van der Waals surface area contributed by atoms with E-state index < -0.39 is 41.2 Å². The van der Waals surface area contributed by atoms with E-state index >= 15 is 0 Å². The molecule has 0 spiro atoms. The van der Waals surface area contributed by atoms with E-state index in [-0.39, 0.29) is 29.3 Å². The Morgan fingerprint density at radius 2 is 1.87 bits per heavy atom. The van der Waals surface area contributed by atoms with E-state index in [1.165, 1.54) is 0 Å². The van der Waals surface area contributed by atoms with Gasteiger partial charge in [0.25, 0.3) is 0 Å². The molecule has 0 aliphatic heterocycles. The number of Topliss-reactive ketones (excluding diaryl/α,β-unsaturated/α-hetero) is 2. The number of carboxylic acids is 1. The molecule has 5 nitrogen and oxygen atoms in total. The van der Waals surface area contributed by atoms with Crippen molar-refractivity contribution in [2.24, 2.45) is 46.8 Å². The fraction of sp³-hybridized carbons (Fsp3) is 0.722. The molecule has 3 fully saturated rings. The van der Waals surface area contributed by atoms with Crippen LogP contribution in [-0.4, -0.2) is 33.9 Å². The first-order valence-corrected chi connectivity index (χ1v) is 8.49. The largest absolute Gasteiger partial charge is 0.480 e. The number of ketones is 2. The van der Waals surface area contributed by atoms with Gasteiger partial charge >= 0.3 is 5.97 Å². The first-order chi connectivity index (χ1) is 10.8. The first kappa shape index (κ1) is 15.1. The number of aliphatic carboxylic acids is 1. The molecule has 2 unspecified atom stereocenters. The summed E-state index contributed by atoms with van der Waals surface area (Å²) in [4.78, 5) is 38.8. The molecule has 4 aliphatic rings. The molecule has 0 heterocycles. The maximum Gasteiger partial charge on any atom is 0.318 e. The van der Waals surface area contributed by atoms with Crippen molar-refractivity contribution in [3.05, 3.63) is 12.2 Å². The van der Waals surface area contributed by atoms with E-state index in [0.29, 0.717) is 12.8 Å². The highest BCUT2D eigenvalue weighted by Crippen LogP contribution is 2.62. The summed E-state index contributed by atoms with van der Waals surface area (Å²) in [6.45, 7) is 3.55. The summed E-state index contributed by atoms with van der Waals surface area (Å²) < 4.78 is 0. The van der Waals surface area contributed by atoms with E-state index in [1.54, 1.807) is 13.0 Å². The number of carbonyl (C=O) groups excluding carboxylic acids is 2. The molecule has 23 heavy (non-hydrogen) atoms. The Kier molecular flexibility index (Phi) is 2.97. The van der Waals surface area contributed by atoms with Gasteiger partial charge in [0.15, 0.2) is 5.78 Å². The van der Waals surface area contributed by atoms with Gasteiger partial charge in [-0.05, 0) is 36.5 Å². The fourth-order valence-electron chi connectivity index (χ4n) is 6.17. The number of aliphatic hydroxyl groups excluding tert-OH is 1. The number of rotatable bonds is 1. The predicted molar refractivity (Wildman–Crippen MR) is 80.2 cm³/mol. The monoisotopic (exact) mass is 318 g/mol. The van der Waals surface area contributed by atoms with Crippen LogP contribution in [-0.2, 0) is 14.4 Å². The summed E-state index contributed by atoms with van der Waals surface area (Å²) in [6, 6.07) is 0. The third kappa shape index (κ3) is 1.54. The molecular weight excluding hydrogens is 296 g/mol. The topological polar surface area (TPSA) is 91.7 Å². The third-order valence-electron chi connectivity index (χ3n) is 7.11. The quantitative estimate of drug-likeness (QED) is 0.562. The normalized spacial score (nSPS) is 54.0. The maximum absolute atomic E-state index is 13.4. The van der Waals surface area contributed by atoms with E-state index in [9.17, 15) is 24.6 Å². The van der Waals surface area contributed by atoms with Crippen LogP contribution in [0.1, 0.15) is 26.7 Å². The Morgan fingerprint density at radius 1 is 1.17 bits per heavy atom. The molecule has 0 aromatic heterocycles. The fourth-order valence-corrected chi connectivity index (χ4v) is 6.17. The first-order valence-electron chi connectivity index (χ1n) is 8.49. The number of allylic oxidation sites excluding steroid dienone is 2. The maximum atomic E-state index is 13.4. The Hall–Kier alpha value is -1.49. The highest BCUT2D eigenvalue weighted by molar-refractivity contribution is 6.14. The molecule has 3 saturated carbocycles. The van der Waals surface area contributed by atoms with Gasteiger partial charge < -0.3 is 10.2 Å². The van der Waals surface area contributed by atoms with Crippen LogP contribution in [0.25, 0.3) is 0 Å². The molecule has 4 aliphatic carbocycles. The summed E-state index contributed by atoms with van der Waals surface area (Å²) >= 11 is 0. The summed E-state index contributed by atoms with van der Waals surface area (Å²) in [7, 11) is 0. The van der Waals surface area contributed by atoms with E-state index in [0.717, 1.165) is 0 Å². The van der Waals surface area contributed by atoms with Crippen molar-refractivity contribution in [3.63, 3.8) is 0 Å². The van der Waals surface area contributed by atoms with Gasteiger partial charge in [-0.15, -0.1) is 0 Å². The summed E-state index contributed by atoms with van der Waals surface area (Å²) in [5, 5.41) is 20.1. The second kappa shape index (κ2) is 4.53. The van der Waals surface area contributed by atoms with Crippen LogP contribution in [0.3, 0.4) is 0 Å². The van der Waals surface area contributed by atoms with Gasteiger partial charge in [0, 0.05) is 17.8 Å². The van der Waals surface area contributed by atoms with Crippen LogP contribution < -0.4 is 0 Å². The average Bonchev–Trinajstić information content (AvgIpc) is 3.03. The van der Waals surface area contributed by atoms with Gasteiger partial charge in [0.2, 0.25) is 0 Å². The van der Waals surface area contributed by atoms with Crippen molar-refractivity contribution in [2.75, 3.05) is 0 Å². The van der Waals surface area contributed by atoms with Crippen molar-refractivity contribution in [2.45, 2.75) is 32.8 Å². The van der Waals surface area contributed by atoms with E-state index in [4.69, 9.17) is 0 Å². The minimum atomic E-state index is -1.62. The molecule has 2 bridgehead atoms. The number of carbonyl (C=O) groups is 3. The molecule has 0 aromatic carbocycles. The van der Waals surface area contributed by atoms with E-state index in [1.807, 2.05) is 13.0 Å². The lowest BCUT2D eigenvalue weighted by atomic mass is 9.47. The minimum Gasteiger partial charge on any atom is -0.480 e. The zero-order valence-corrected chi connectivity index (χ0v) is 13.3. The van der Waals surface area contributed by atoms with Gasteiger partial charge in [-0.3, -0.25) is 14.4 Å². The Morgan fingerprint density at radius 3 is 2.52 bits per heavy atom. The van der Waals surface area contributed by atoms with Crippen LogP contribution in [0.4, 0.5) is 0 Å². The van der Waals surface area contributed by atoms with Gasteiger partial charge in [-0.1, -0.05) is 26.0 Å². The van der Waals surface area contributed by atoms with Crippen molar-refractivity contribution in [1.82, 2.24) is 0 Å². The molecule has 2 N–H and O–H groups in total. The summed E-state index contributed by atoms with van der Waals surface area (Å²) in [5.41, 5.74) is -1.62. The molecule has 124 valence electrons. The standard InChI is InChI=1S/C18H22O5/c1-7-3-4-8(2)18(17(22)23)14(7)15(20)13-10-5-9(6-11(10)19)12(13)16(18)21/h3-4,7-14,19H,5-6H2,1-2H3,(H,22,23)/t7-,8+,9-,10-,11-,12?,13?,14-,18-/m0/s1. The van der Waals surface area contributed by atoms with Crippen LogP contribution in [0.2, 0.25) is 0 Å². The van der Waals surface area contributed by atoms with Crippen LogP contribution in [0.5, 0.6) is 0 Å². The van der Waals surface area contributed by atoms with Gasteiger partial charge in [-0.2, -0.15) is 0 Å². The van der Waals surface area contributed by atoms with Crippen LogP contribution in [0.15, 0.2) is 12.2 Å². The molecule has 0 aromatic rings. The SMILES string of the molecule is C[C@@H]1C=C[C@H](C)[C@H]2C(=O)C3C(C(=O)[C@]12C(=O)O)[C@H]1C[C@H]3[C@@H](O)C1. The molecule has 9 atom stereocenters. The number of hydrogen-bond acceptors (Lipinski definition) is 4. The predicted octanol–water partition coefficient (Wildman–Crippen LogP) is 1.30. The van der Waals surface area contributed by atoms with Gasteiger partial charge in [-0.25, -0.2) is 0 Å². The highest BCUT2D eigenvalue weighted by Gasteiger charge is 2.72. The van der Waals surface area contributed by atoms with Crippen molar-refractivity contribution in [3.8, 4) is 0 Å². The van der Waals surface area contributed by atoms with E-state index in [2.05, 4.69) is 0 Å². The lowest BCUT2D eigenvalue weighted by Gasteiger charge is -2.52. The Labute approximate surface area is 134 Å².